The van der Waals surface area contributed by atoms with Crippen LogP contribution in [0.25, 0.3) is 0 Å². The molecule has 0 aliphatic heterocycles. The van der Waals surface area contributed by atoms with E-state index in [2.05, 4.69) is 10.3 Å². The fourth-order valence-electron chi connectivity index (χ4n) is 1.36. The molecule has 0 saturated carbocycles. The molecule has 0 saturated heterocycles. The smallest absolute Gasteiger partial charge is 0.127 e. The Labute approximate surface area is 104 Å². The molecule has 2 aromatic carbocycles. The zero-order valence-electron chi connectivity index (χ0n) is 9.19. The summed E-state index contributed by atoms with van der Waals surface area (Å²) in [5.74, 6) is -0.188. The van der Waals surface area contributed by atoms with E-state index in [-0.39, 0.29) is 5.82 Å². The van der Waals surface area contributed by atoms with E-state index in [0.717, 1.165) is 4.90 Å². The van der Waals surface area contributed by atoms with Crippen LogP contribution >= 0.6 is 11.9 Å². The van der Waals surface area contributed by atoms with Gasteiger partial charge in [0, 0.05) is 17.0 Å². The van der Waals surface area contributed by atoms with Gasteiger partial charge in [0.1, 0.15) is 5.82 Å². The van der Waals surface area contributed by atoms with Crippen LogP contribution in [0.15, 0.2) is 59.5 Å². The monoisotopic (exact) mass is 248 g/mol. The van der Waals surface area contributed by atoms with E-state index in [0.29, 0.717) is 12.1 Å². The molecule has 2 rings (SSSR count). The molecule has 2 aromatic rings. The molecule has 0 aromatic heterocycles. The van der Waals surface area contributed by atoms with E-state index < -0.39 is 0 Å². The van der Waals surface area contributed by atoms with Gasteiger partial charge in [0.25, 0.3) is 0 Å². The highest BCUT2D eigenvalue weighted by Crippen LogP contribution is 2.12. The quantitative estimate of drug-likeness (QED) is 0.483. The lowest BCUT2D eigenvalue weighted by molar-refractivity contribution is 0.585. The molecule has 0 unspecified atom stereocenters. The topological polar surface area (TPSA) is 24.1 Å². The molecule has 88 valence electrons. The molecule has 0 atom stereocenters. The largest absolute Gasteiger partial charge is 0.243 e. The number of nitrogens with one attached hydrogen (secondary N) is 2. The predicted molar refractivity (Wildman–Crippen MR) is 68.7 cm³/mol. The summed E-state index contributed by atoms with van der Waals surface area (Å²) in [6.45, 7) is 0.451. The normalized spacial score (nSPS) is 10.4. The van der Waals surface area contributed by atoms with Gasteiger partial charge in [-0.3, -0.25) is 0 Å². The van der Waals surface area contributed by atoms with Gasteiger partial charge in [-0.1, -0.05) is 36.4 Å². The van der Waals surface area contributed by atoms with Gasteiger partial charge >= 0.3 is 0 Å². The van der Waals surface area contributed by atoms with Gasteiger partial charge in [0.15, 0.2) is 0 Å². The third kappa shape index (κ3) is 3.85. The standard InChI is InChI=1S/C13H13FN2S/c14-13-9-5-4-6-11(13)10-15-16-17-12-7-2-1-3-8-12/h1-9,15-16H,10H2. The molecule has 0 amide bonds. The molecule has 0 aliphatic rings. The van der Waals surface area contributed by atoms with Crippen LogP contribution in [-0.2, 0) is 6.54 Å². The van der Waals surface area contributed by atoms with Crippen LogP contribution in [0, 0.1) is 5.82 Å². The highest BCUT2D eigenvalue weighted by atomic mass is 32.2. The molecule has 0 spiro atoms. The Morgan fingerprint density at radius 3 is 2.41 bits per heavy atom. The van der Waals surface area contributed by atoms with Crippen LogP contribution in [0.2, 0.25) is 0 Å². The Morgan fingerprint density at radius 1 is 0.941 bits per heavy atom. The second-order valence-electron chi connectivity index (χ2n) is 3.46. The van der Waals surface area contributed by atoms with Crippen molar-refractivity contribution in [2.45, 2.75) is 11.4 Å². The van der Waals surface area contributed by atoms with E-state index in [1.54, 1.807) is 12.1 Å². The zero-order valence-corrected chi connectivity index (χ0v) is 10.0. The fraction of sp³-hybridized carbons (Fsp3) is 0.0769. The summed E-state index contributed by atoms with van der Waals surface area (Å²) in [4.78, 5) is 4.08. The summed E-state index contributed by atoms with van der Waals surface area (Å²) in [6.07, 6.45) is 0. The third-order valence-corrected chi connectivity index (χ3v) is 2.98. The molecule has 17 heavy (non-hydrogen) atoms. The average molecular weight is 248 g/mol. The maximum Gasteiger partial charge on any atom is 0.127 e. The number of benzene rings is 2. The van der Waals surface area contributed by atoms with Crippen molar-refractivity contribution in [2.24, 2.45) is 0 Å². The van der Waals surface area contributed by atoms with Gasteiger partial charge < -0.3 is 0 Å². The van der Waals surface area contributed by atoms with Gasteiger partial charge in [-0.25, -0.2) is 9.82 Å². The van der Waals surface area contributed by atoms with Crippen LogP contribution in [0.3, 0.4) is 0 Å². The summed E-state index contributed by atoms with van der Waals surface area (Å²) in [7, 11) is 0. The minimum absolute atomic E-state index is 0.188. The van der Waals surface area contributed by atoms with Gasteiger partial charge in [-0.2, -0.15) is 4.83 Å². The number of halogens is 1. The van der Waals surface area contributed by atoms with Crippen LogP contribution in [-0.4, -0.2) is 0 Å². The molecule has 0 bridgehead atoms. The first-order chi connectivity index (χ1) is 8.36. The second-order valence-corrected chi connectivity index (χ2v) is 4.34. The lowest BCUT2D eigenvalue weighted by Crippen LogP contribution is -2.25. The first kappa shape index (κ1) is 12.1. The molecule has 2 N–H and O–H groups in total. The summed E-state index contributed by atoms with van der Waals surface area (Å²) < 4.78 is 13.3. The van der Waals surface area contributed by atoms with Crippen molar-refractivity contribution in [3.8, 4) is 0 Å². The van der Waals surface area contributed by atoms with Crippen LogP contribution in [0.5, 0.6) is 0 Å². The number of hydrazine groups is 1. The van der Waals surface area contributed by atoms with Gasteiger partial charge in [-0.05, 0) is 30.1 Å². The maximum atomic E-state index is 13.3. The first-order valence-electron chi connectivity index (χ1n) is 5.29. The average Bonchev–Trinajstić information content (AvgIpc) is 2.38. The van der Waals surface area contributed by atoms with E-state index in [1.807, 2.05) is 36.4 Å². The van der Waals surface area contributed by atoms with Crippen molar-refractivity contribution in [3.63, 3.8) is 0 Å². The van der Waals surface area contributed by atoms with E-state index >= 15 is 0 Å². The lowest BCUT2D eigenvalue weighted by atomic mass is 10.2. The zero-order chi connectivity index (χ0) is 11.9. The summed E-state index contributed by atoms with van der Waals surface area (Å²) >= 11 is 1.46. The molecule has 2 nitrogen and oxygen atoms in total. The van der Waals surface area contributed by atoms with Crippen molar-refractivity contribution in [3.05, 3.63) is 66.0 Å². The molecule has 0 heterocycles. The van der Waals surface area contributed by atoms with Crippen molar-refractivity contribution in [1.82, 2.24) is 10.3 Å². The van der Waals surface area contributed by atoms with Gasteiger partial charge in [0.05, 0.1) is 0 Å². The summed E-state index contributed by atoms with van der Waals surface area (Å²) in [5.41, 5.74) is 3.61. The molecule has 0 radical (unpaired) electrons. The second kappa shape index (κ2) is 6.39. The molecule has 0 fully saturated rings. The molecule has 4 heteroatoms. The lowest BCUT2D eigenvalue weighted by Gasteiger charge is -2.06. The Kier molecular flexibility index (Phi) is 4.55. The Balaban J connectivity index is 1.76. The van der Waals surface area contributed by atoms with Crippen molar-refractivity contribution < 1.29 is 4.39 Å². The van der Waals surface area contributed by atoms with E-state index in [9.17, 15) is 4.39 Å². The van der Waals surface area contributed by atoms with Crippen LogP contribution in [0.1, 0.15) is 5.56 Å². The fourth-order valence-corrected chi connectivity index (χ4v) is 1.91. The highest BCUT2D eigenvalue weighted by Gasteiger charge is 1.99. The summed E-state index contributed by atoms with van der Waals surface area (Å²) in [6, 6.07) is 16.7. The number of rotatable bonds is 5. The van der Waals surface area contributed by atoms with Gasteiger partial charge in [-0.15, -0.1) is 0 Å². The van der Waals surface area contributed by atoms with Crippen molar-refractivity contribution in [2.75, 3.05) is 0 Å². The van der Waals surface area contributed by atoms with Crippen molar-refractivity contribution in [1.29, 1.82) is 0 Å². The minimum atomic E-state index is -0.188. The highest BCUT2D eigenvalue weighted by molar-refractivity contribution is 7.97. The first-order valence-corrected chi connectivity index (χ1v) is 6.11. The molecular formula is C13H13FN2S. The third-order valence-electron chi connectivity index (χ3n) is 2.22. The van der Waals surface area contributed by atoms with Crippen LogP contribution in [0.4, 0.5) is 4.39 Å². The Hall–Kier alpha value is -1.36. The Morgan fingerprint density at radius 2 is 1.65 bits per heavy atom. The van der Waals surface area contributed by atoms with Crippen LogP contribution < -0.4 is 10.3 Å². The number of hydrogen-bond acceptors (Lipinski definition) is 3. The van der Waals surface area contributed by atoms with Crippen molar-refractivity contribution >= 4 is 11.9 Å². The SMILES string of the molecule is Fc1ccccc1CNNSc1ccccc1. The molecule has 0 aliphatic carbocycles. The predicted octanol–water partition coefficient (Wildman–Crippen LogP) is 3.13. The summed E-state index contributed by atoms with van der Waals surface area (Å²) in [5, 5.41) is 0. The van der Waals surface area contributed by atoms with E-state index in [4.69, 9.17) is 0 Å². The maximum absolute atomic E-state index is 13.3. The van der Waals surface area contributed by atoms with Gasteiger partial charge in [0.2, 0.25) is 0 Å². The minimum Gasteiger partial charge on any atom is -0.243 e. The molecular weight excluding hydrogens is 235 g/mol. The number of hydrogen-bond donors (Lipinski definition) is 2. The van der Waals surface area contributed by atoms with E-state index in [1.165, 1.54) is 18.0 Å². The Bertz CT molecular complexity index is 462.